The number of phosphoric ester groups is 1. The van der Waals surface area contributed by atoms with Crippen molar-refractivity contribution >= 4 is 21.4 Å². The number of ether oxygens (including phenoxy) is 1. The maximum atomic E-state index is 13.0. The van der Waals surface area contributed by atoms with Crippen molar-refractivity contribution in [3.63, 3.8) is 0 Å². The zero-order valence-electron chi connectivity index (χ0n) is 15.6. The van der Waals surface area contributed by atoms with E-state index in [9.17, 15) is 13.9 Å². The molecule has 1 atom stereocenters. The van der Waals surface area contributed by atoms with Crippen LogP contribution in [-0.4, -0.2) is 44.8 Å². The minimum atomic E-state index is -3.98. The van der Waals surface area contributed by atoms with Crippen molar-refractivity contribution < 1.29 is 41.3 Å². The Morgan fingerprint density at radius 3 is 1.68 bits per heavy atom. The summed E-state index contributed by atoms with van der Waals surface area (Å²) in [6.07, 6.45) is -0.193. The molecule has 0 amide bonds. The van der Waals surface area contributed by atoms with Crippen molar-refractivity contribution in [3.8, 4) is 0 Å². The zero-order valence-corrected chi connectivity index (χ0v) is 17.4. The van der Waals surface area contributed by atoms with Crippen LogP contribution >= 0.6 is 15.4 Å². The Morgan fingerprint density at radius 1 is 0.800 bits per heavy atom. The number of carbonyl (C=O) groups is 1. The van der Waals surface area contributed by atoms with E-state index in [1.165, 1.54) is 0 Å². The molecule has 1 unspecified atom stereocenters. The first kappa shape index (κ1) is 24.7. The van der Waals surface area contributed by atoms with Crippen molar-refractivity contribution in [2.24, 2.45) is 0 Å². The zero-order chi connectivity index (χ0) is 19.3. The van der Waals surface area contributed by atoms with Gasteiger partial charge in [-0.2, -0.15) is 0 Å². The summed E-state index contributed by atoms with van der Waals surface area (Å²) >= 11 is 0. The van der Waals surface area contributed by atoms with Crippen LogP contribution in [0.5, 0.6) is 0 Å². The van der Waals surface area contributed by atoms with Gasteiger partial charge in [0, 0.05) is 6.42 Å². The molecule has 0 aromatic rings. The number of hydrogen-bond acceptors (Lipinski definition) is 9. The highest BCUT2D eigenvalue weighted by Gasteiger charge is 2.43. The summed E-state index contributed by atoms with van der Waals surface area (Å²) in [7, 11) is -7.79. The molecule has 0 rings (SSSR count). The van der Waals surface area contributed by atoms with Crippen molar-refractivity contribution in [2.45, 2.75) is 53.3 Å². The van der Waals surface area contributed by atoms with Gasteiger partial charge in [0.1, 0.15) is 0 Å². The van der Waals surface area contributed by atoms with Crippen LogP contribution < -0.4 is 0 Å². The molecule has 0 saturated carbocycles. The molecular formula is C14H30O9P2. The molecule has 0 aliphatic carbocycles. The third kappa shape index (κ3) is 9.29. The van der Waals surface area contributed by atoms with Gasteiger partial charge < -0.3 is 13.8 Å². The second-order valence-corrected chi connectivity index (χ2v) is 8.36. The second kappa shape index (κ2) is 13.0. The van der Waals surface area contributed by atoms with Gasteiger partial charge in [-0.05, 0) is 41.0 Å². The van der Waals surface area contributed by atoms with E-state index >= 15 is 0 Å². The molecule has 0 radical (unpaired) electrons. The van der Waals surface area contributed by atoms with Gasteiger partial charge in [-0.1, -0.05) is 0 Å². The number of hydrogen-bond donors (Lipinski definition) is 0. The smallest absolute Gasteiger partial charge is 0.466 e. The van der Waals surface area contributed by atoms with Gasteiger partial charge in [0.05, 0.1) is 33.0 Å². The van der Waals surface area contributed by atoms with Crippen molar-refractivity contribution in [3.05, 3.63) is 0 Å². The average Bonchev–Trinajstić information content (AvgIpc) is 2.52. The van der Waals surface area contributed by atoms with Gasteiger partial charge in [-0.3, -0.25) is 22.9 Å². The predicted octanol–water partition coefficient (Wildman–Crippen LogP) is 4.12. The van der Waals surface area contributed by atoms with E-state index < -0.39 is 27.2 Å². The summed E-state index contributed by atoms with van der Waals surface area (Å²) < 4.78 is 56.5. The number of carbonyl (C=O) groups excluding carboxylic acids is 1. The molecule has 0 aliphatic heterocycles. The van der Waals surface area contributed by atoms with Crippen LogP contribution in [0.25, 0.3) is 0 Å². The molecule has 0 N–H and O–H groups in total. The topological polar surface area (TPSA) is 107 Å². The highest BCUT2D eigenvalue weighted by molar-refractivity contribution is 7.55. The quantitative estimate of drug-likeness (QED) is 0.294. The fraction of sp³-hybridized carbons (Fsp3) is 0.929. The van der Waals surface area contributed by atoms with E-state index in [1.54, 1.807) is 34.6 Å². The number of esters is 1. The molecule has 0 aromatic heterocycles. The molecule has 0 aromatic carbocycles. The van der Waals surface area contributed by atoms with Crippen molar-refractivity contribution in [2.75, 3.05) is 33.0 Å². The molecule has 0 saturated heterocycles. The minimum absolute atomic E-state index is 0.0649. The monoisotopic (exact) mass is 404 g/mol. The summed E-state index contributed by atoms with van der Waals surface area (Å²) in [5.41, 5.74) is 0. The second-order valence-electron chi connectivity index (χ2n) is 4.56. The highest BCUT2D eigenvalue weighted by Crippen LogP contribution is 2.62. The normalized spacial score (nSPS) is 13.6. The Hall–Kier alpha value is -0.270. The van der Waals surface area contributed by atoms with Gasteiger partial charge in [-0.15, -0.1) is 0 Å². The Labute approximate surface area is 149 Å². The van der Waals surface area contributed by atoms with Crippen LogP contribution in [0, 0.1) is 0 Å². The Morgan fingerprint density at radius 2 is 1.28 bits per heavy atom. The Bertz CT molecular complexity index is 449. The first-order valence-corrected chi connectivity index (χ1v) is 11.5. The largest absolute Gasteiger partial charge is 0.475 e. The van der Waals surface area contributed by atoms with Gasteiger partial charge in [-0.25, -0.2) is 4.57 Å². The first-order valence-electron chi connectivity index (χ1n) is 8.42. The van der Waals surface area contributed by atoms with Gasteiger partial charge in [0.25, 0.3) is 0 Å². The molecular weight excluding hydrogens is 374 g/mol. The predicted molar refractivity (Wildman–Crippen MR) is 92.5 cm³/mol. The van der Waals surface area contributed by atoms with Gasteiger partial charge in [0.15, 0.2) is 5.85 Å². The minimum Gasteiger partial charge on any atom is -0.466 e. The highest BCUT2D eigenvalue weighted by atomic mass is 31.2. The van der Waals surface area contributed by atoms with E-state index in [4.69, 9.17) is 27.4 Å². The number of rotatable bonds is 15. The third-order valence-corrected chi connectivity index (χ3v) is 6.83. The lowest BCUT2D eigenvalue weighted by Gasteiger charge is -2.28. The summed E-state index contributed by atoms with van der Waals surface area (Å²) in [6, 6.07) is 0. The molecule has 0 bridgehead atoms. The van der Waals surface area contributed by atoms with Crippen molar-refractivity contribution in [1.82, 2.24) is 0 Å². The third-order valence-electron chi connectivity index (χ3n) is 2.70. The molecule has 0 spiro atoms. The molecule has 11 heteroatoms. The summed E-state index contributed by atoms with van der Waals surface area (Å²) in [4.78, 5) is 11.6. The van der Waals surface area contributed by atoms with Crippen LogP contribution in [-0.2, 0) is 41.3 Å². The van der Waals surface area contributed by atoms with Gasteiger partial charge >= 0.3 is 21.4 Å². The van der Waals surface area contributed by atoms with E-state index in [1.807, 2.05) is 0 Å². The first-order chi connectivity index (χ1) is 11.8. The lowest BCUT2D eigenvalue weighted by molar-refractivity contribution is -0.143. The summed E-state index contributed by atoms with van der Waals surface area (Å²) in [5, 5.41) is 0. The van der Waals surface area contributed by atoms with Crippen LogP contribution in [0.4, 0.5) is 0 Å². The number of phosphoric acid groups is 1. The molecule has 0 fully saturated rings. The maximum absolute atomic E-state index is 13.0. The summed E-state index contributed by atoms with van der Waals surface area (Å²) in [5.74, 6) is -1.79. The fourth-order valence-corrected chi connectivity index (χ4v) is 5.48. The molecule has 0 heterocycles. The lowest BCUT2D eigenvalue weighted by atomic mass is 10.3. The van der Waals surface area contributed by atoms with E-state index in [0.29, 0.717) is 0 Å². The van der Waals surface area contributed by atoms with E-state index in [-0.39, 0.29) is 45.9 Å². The lowest BCUT2D eigenvalue weighted by Crippen LogP contribution is -2.20. The van der Waals surface area contributed by atoms with Crippen LogP contribution in [0.3, 0.4) is 0 Å². The summed E-state index contributed by atoms with van der Waals surface area (Å²) in [6.45, 7) is 8.71. The van der Waals surface area contributed by atoms with Crippen LogP contribution in [0.1, 0.15) is 47.5 Å². The maximum Gasteiger partial charge on any atom is 0.475 e. The molecule has 150 valence electrons. The average molecular weight is 404 g/mol. The van der Waals surface area contributed by atoms with Crippen LogP contribution in [0.15, 0.2) is 0 Å². The van der Waals surface area contributed by atoms with Crippen LogP contribution in [0.2, 0.25) is 0 Å². The molecule has 0 aliphatic rings. The fourth-order valence-electron chi connectivity index (χ4n) is 1.87. The molecule has 25 heavy (non-hydrogen) atoms. The van der Waals surface area contributed by atoms with Gasteiger partial charge in [0.2, 0.25) is 0 Å². The standard InChI is InChI=1S/C14H30O9P2/c1-6-18-13(15)11-12-14(24(16,19-7-2)20-8-3)23-25(17,21-9-4)22-10-5/h14H,6-12H2,1-5H3. The van der Waals surface area contributed by atoms with E-state index in [2.05, 4.69) is 0 Å². The SMILES string of the molecule is CCOC(=O)CCC(OP(=O)(OCC)OCC)P(=O)(OCC)OCC. The Balaban J connectivity index is 5.44. The van der Waals surface area contributed by atoms with Crippen molar-refractivity contribution in [1.29, 1.82) is 0 Å². The van der Waals surface area contributed by atoms with E-state index in [0.717, 1.165) is 0 Å². The molecule has 9 nitrogen and oxygen atoms in total. The Kier molecular flexibility index (Phi) is 12.8.